The lowest BCUT2D eigenvalue weighted by Crippen LogP contribution is -1.92. The molecular weight excluding hydrogens is 282 g/mol. The maximum Gasteiger partial charge on any atom is 0.165 e. The molecule has 0 unspecified atom stereocenters. The van der Waals surface area contributed by atoms with Crippen LogP contribution in [0.3, 0.4) is 0 Å². The fourth-order valence-corrected chi connectivity index (χ4v) is 1.74. The summed E-state index contributed by atoms with van der Waals surface area (Å²) in [5.74, 6) is 1.16. The van der Waals surface area contributed by atoms with Gasteiger partial charge in [-0.3, -0.25) is 4.68 Å². The van der Waals surface area contributed by atoms with Crippen molar-refractivity contribution in [3.05, 3.63) is 40.6 Å². The summed E-state index contributed by atoms with van der Waals surface area (Å²) in [5, 5.41) is 13.1. The monoisotopic (exact) mass is 291 g/mol. The third-order valence-electron chi connectivity index (χ3n) is 2.22. The first-order chi connectivity index (χ1) is 8.22. The predicted octanol–water partition coefficient (Wildman–Crippen LogP) is 3.33. The van der Waals surface area contributed by atoms with E-state index < -0.39 is 0 Å². The summed E-state index contributed by atoms with van der Waals surface area (Å²) in [5.41, 5.74) is 0.489. The van der Waals surface area contributed by atoms with Gasteiger partial charge in [-0.15, -0.1) is 0 Å². The van der Waals surface area contributed by atoms with Crippen molar-refractivity contribution in [2.75, 3.05) is 0 Å². The van der Waals surface area contributed by atoms with E-state index in [0.717, 1.165) is 11.0 Å². The molecule has 0 aliphatic carbocycles. The Morgan fingerprint density at radius 1 is 1.53 bits per heavy atom. The molecule has 0 radical (unpaired) electrons. The van der Waals surface area contributed by atoms with E-state index in [2.05, 4.69) is 27.1 Å². The molecule has 0 bridgehead atoms. The second-order valence-corrected chi connectivity index (χ2v) is 4.30. The van der Waals surface area contributed by atoms with E-state index in [9.17, 15) is 0 Å². The number of aryl methyl sites for hydroxylation is 1. The zero-order valence-electron chi connectivity index (χ0n) is 9.22. The van der Waals surface area contributed by atoms with Gasteiger partial charge in [-0.2, -0.15) is 10.4 Å². The van der Waals surface area contributed by atoms with Crippen LogP contribution in [0.5, 0.6) is 11.5 Å². The number of nitrogens with zero attached hydrogens (tertiary/aromatic N) is 3. The lowest BCUT2D eigenvalue weighted by Gasteiger charge is -2.04. The number of rotatable bonds is 3. The lowest BCUT2D eigenvalue weighted by atomic mass is 10.2. The summed E-state index contributed by atoms with van der Waals surface area (Å²) >= 11 is 3.31. The molecule has 5 heteroatoms. The number of nitriles is 1. The molecule has 1 heterocycles. The molecule has 0 atom stereocenters. The Morgan fingerprint density at radius 2 is 2.35 bits per heavy atom. The molecule has 0 N–H and O–H groups in total. The molecule has 0 aliphatic rings. The highest BCUT2D eigenvalue weighted by atomic mass is 79.9. The molecule has 0 spiro atoms. The molecule has 0 amide bonds. The van der Waals surface area contributed by atoms with Gasteiger partial charge in [0.1, 0.15) is 11.8 Å². The van der Waals surface area contributed by atoms with Gasteiger partial charge in [0.15, 0.2) is 5.75 Å². The van der Waals surface area contributed by atoms with Crippen molar-refractivity contribution in [2.45, 2.75) is 13.5 Å². The third-order valence-corrected chi connectivity index (χ3v) is 2.72. The Hall–Kier alpha value is -1.80. The van der Waals surface area contributed by atoms with Crippen LogP contribution < -0.4 is 4.74 Å². The molecular formula is C12H10BrN3O. The molecule has 0 fully saturated rings. The third kappa shape index (κ3) is 2.66. The van der Waals surface area contributed by atoms with E-state index in [0.29, 0.717) is 17.1 Å². The highest BCUT2D eigenvalue weighted by Gasteiger charge is 2.06. The van der Waals surface area contributed by atoms with Crippen LogP contribution in [-0.2, 0) is 6.54 Å². The highest BCUT2D eigenvalue weighted by molar-refractivity contribution is 9.10. The Labute approximate surface area is 108 Å². The molecule has 0 saturated heterocycles. The average Bonchev–Trinajstić information content (AvgIpc) is 2.79. The van der Waals surface area contributed by atoms with Crippen LogP contribution in [-0.4, -0.2) is 9.78 Å². The SMILES string of the molecule is CCn1cc(Oc2ccc(Br)cc2C#N)cn1. The quantitative estimate of drug-likeness (QED) is 0.871. The van der Waals surface area contributed by atoms with E-state index in [4.69, 9.17) is 10.00 Å². The summed E-state index contributed by atoms with van der Waals surface area (Å²) in [6.07, 6.45) is 3.43. The summed E-state index contributed by atoms with van der Waals surface area (Å²) in [7, 11) is 0. The summed E-state index contributed by atoms with van der Waals surface area (Å²) < 4.78 is 8.23. The van der Waals surface area contributed by atoms with Crippen LogP contribution in [0, 0.1) is 11.3 Å². The van der Waals surface area contributed by atoms with E-state index in [-0.39, 0.29) is 0 Å². The van der Waals surface area contributed by atoms with Crippen LogP contribution in [0.25, 0.3) is 0 Å². The second kappa shape index (κ2) is 5.02. The van der Waals surface area contributed by atoms with Gasteiger partial charge in [-0.05, 0) is 25.1 Å². The minimum Gasteiger partial charge on any atom is -0.453 e. The fourth-order valence-electron chi connectivity index (χ4n) is 1.38. The number of aromatic nitrogens is 2. The van der Waals surface area contributed by atoms with Crippen molar-refractivity contribution < 1.29 is 4.74 Å². The van der Waals surface area contributed by atoms with Gasteiger partial charge in [0.05, 0.1) is 18.0 Å². The second-order valence-electron chi connectivity index (χ2n) is 3.39. The number of halogens is 1. The number of hydrogen-bond acceptors (Lipinski definition) is 3. The van der Waals surface area contributed by atoms with Crippen molar-refractivity contribution >= 4 is 15.9 Å². The van der Waals surface area contributed by atoms with Crippen molar-refractivity contribution in [3.63, 3.8) is 0 Å². The van der Waals surface area contributed by atoms with Crippen LogP contribution in [0.4, 0.5) is 0 Å². The Bertz CT molecular complexity index is 571. The number of benzene rings is 1. The van der Waals surface area contributed by atoms with Crippen molar-refractivity contribution in [1.82, 2.24) is 9.78 Å². The maximum atomic E-state index is 9.00. The van der Waals surface area contributed by atoms with Gasteiger partial charge in [-0.1, -0.05) is 15.9 Å². The molecule has 4 nitrogen and oxygen atoms in total. The lowest BCUT2D eigenvalue weighted by molar-refractivity contribution is 0.479. The van der Waals surface area contributed by atoms with Gasteiger partial charge in [0.25, 0.3) is 0 Å². The Kier molecular flexibility index (Phi) is 3.45. The molecule has 0 saturated carbocycles. The zero-order valence-corrected chi connectivity index (χ0v) is 10.8. The first-order valence-electron chi connectivity index (χ1n) is 5.13. The summed E-state index contributed by atoms with van der Waals surface area (Å²) in [6, 6.07) is 7.41. The normalized spacial score (nSPS) is 9.94. The molecule has 1 aromatic heterocycles. The van der Waals surface area contributed by atoms with Crippen molar-refractivity contribution in [1.29, 1.82) is 5.26 Å². The molecule has 0 aliphatic heterocycles. The van der Waals surface area contributed by atoms with Crippen LogP contribution in [0.15, 0.2) is 35.1 Å². The zero-order chi connectivity index (χ0) is 12.3. The maximum absolute atomic E-state index is 9.00. The van der Waals surface area contributed by atoms with Gasteiger partial charge >= 0.3 is 0 Å². The highest BCUT2D eigenvalue weighted by Crippen LogP contribution is 2.27. The summed E-state index contributed by atoms with van der Waals surface area (Å²) in [6.45, 7) is 2.78. The standard InChI is InChI=1S/C12H10BrN3O/c1-2-16-8-11(7-15-16)17-12-4-3-10(13)5-9(12)6-14/h3-5,7-8H,2H2,1H3. The summed E-state index contributed by atoms with van der Waals surface area (Å²) in [4.78, 5) is 0. The van der Waals surface area contributed by atoms with E-state index in [1.54, 1.807) is 29.2 Å². The number of ether oxygens (including phenoxy) is 1. The fraction of sp³-hybridized carbons (Fsp3) is 0.167. The van der Waals surface area contributed by atoms with Gasteiger partial charge < -0.3 is 4.74 Å². The molecule has 86 valence electrons. The minimum atomic E-state index is 0.489. The molecule has 1 aromatic carbocycles. The van der Waals surface area contributed by atoms with Crippen LogP contribution >= 0.6 is 15.9 Å². The van der Waals surface area contributed by atoms with Gasteiger partial charge in [0.2, 0.25) is 0 Å². The van der Waals surface area contributed by atoms with E-state index >= 15 is 0 Å². The number of hydrogen-bond donors (Lipinski definition) is 0. The minimum absolute atomic E-state index is 0.489. The first kappa shape index (κ1) is 11.7. The molecule has 2 aromatic rings. The van der Waals surface area contributed by atoms with Crippen molar-refractivity contribution in [3.8, 4) is 17.6 Å². The van der Waals surface area contributed by atoms with Gasteiger partial charge in [-0.25, -0.2) is 0 Å². The van der Waals surface area contributed by atoms with Gasteiger partial charge in [0, 0.05) is 11.0 Å². The topological polar surface area (TPSA) is 50.8 Å². The van der Waals surface area contributed by atoms with Crippen molar-refractivity contribution in [2.24, 2.45) is 0 Å². The molecule has 2 rings (SSSR count). The smallest absolute Gasteiger partial charge is 0.165 e. The van der Waals surface area contributed by atoms with Crippen LogP contribution in [0.2, 0.25) is 0 Å². The largest absolute Gasteiger partial charge is 0.453 e. The Morgan fingerprint density at radius 3 is 3.00 bits per heavy atom. The van der Waals surface area contributed by atoms with E-state index in [1.807, 2.05) is 13.0 Å². The van der Waals surface area contributed by atoms with E-state index in [1.165, 1.54) is 0 Å². The first-order valence-corrected chi connectivity index (χ1v) is 5.92. The molecule has 17 heavy (non-hydrogen) atoms. The average molecular weight is 292 g/mol. The van der Waals surface area contributed by atoms with Crippen LogP contribution in [0.1, 0.15) is 12.5 Å². The predicted molar refractivity (Wildman–Crippen MR) is 66.8 cm³/mol. The Balaban J connectivity index is 2.27.